The predicted molar refractivity (Wildman–Crippen MR) is 181 cm³/mol. The Bertz CT molecular complexity index is 1180. The third kappa shape index (κ3) is 16.6. The predicted octanol–water partition coefficient (Wildman–Crippen LogP) is 5.24. The van der Waals surface area contributed by atoms with Gasteiger partial charge in [0.15, 0.2) is 0 Å². The van der Waals surface area contributed by atoms with Crippen molar-refractivity contribution in [2.24, 2.45) is 5.92 Å². The number of alkyl carbamates (subject to hydrolysis) is 1. The van der Waals surface area contributed by atoms with Gasteiger partial charge >= 0.3 is 12.1 Å². The lowest BCUT2D eigenvalue weighted by molar-refractivity contribution is -0.123. The Kier molecular flexibility index (Phi) is 17.9. The van der Waals surface area contributed by atoms with Crippen molar-refractivity contribution in [2.45, 2.75) is 53.2 Å². The third-order valence-electron chi connectivity index (χ3n) is 6.90. The molecule has 1 unspecified atom stereocenters. The molecule has 4 rings (SSSR count). The lowest BCUT2D eigenvalue weighted by Crippen LogP contribution is -2.56. The molecule has 0 aliphatic carbocycles. The van der Waals surface area contributed by atoms with Gasteiger partial charge in [0.05, 0.1) is 10.4 Å². The van der Waals surface area contributed by atoms with Crippen LogP contribution in [-0.2, 0) is 16.1 Å². The van der Waals surface area contributed by atoms with Crippen molar-refractivity contribution in [1.29, 1.82) is 0 Å². The molecule has 3 aromatic rings. The molecule has 0 radical (unpaired) electrons. The smallest absolute Gasteiger partial charge is 0.407 e. The summed E-state index contributed by atoms with van der Waals surface area (Å²) in [7, 11) is 2.03. The van der Waals surface area contributed by atoms with Crippen LogP contribution in [-0.4, -0.2) is 85.2 Å². The van der Waals surface area contributed by atoms with Crippen LogP contribution in [0.3, 0.4) is 0 Å². The molecule has 1 aromatic heterocycles. The van der Waals surface area contributed by atoms with Crippen LogP contribution < -0.4 is 16.0 Å². The fourth-order valence-corrected chi connectivity index (χ4v) is 4.61. The number of hydrogen-bond donors (Lipinski definition) is 3. The number of thiazole rings is 1. The second-order valence-corrected chi connectivity index (χ2v) is 12.2. The van der Waals surface area contributed by atoms with Gasteiger partial charge in [-0.25, -0.2) is 9.59 Å². The Balaban J connectivity index is 0.000000407. The highest BCUT2D eigenvalue weighted by molar-refractivity contribution is 7.09. The number of aromatic nitrogens is 1. The van der Waals surface area contributed by atoms with Crippen LogP contribution in [0.5, 0.6) is 0 Å². The molecule has 0 spiro atoms. The summed E-state index contributed by atoms with van der Waals surface area (Å²) in [6.07, 6.45) is 2.61. The van der Waals surface area contributed by atoms with Crippen LogP contribution in [0.25, 0.3) is 0 Å². The molecule has 1 atom stereocenters. The zero-order chi connectivity index (χ0) is 32.9. The maximum absolute atomic E-state index is 12.5. The summed E-state index contributed by atoms with van der Waals surface area (Å²) in [6, 6.07) is 19.8. The van der Waals surface area contributed by atoms with E-state index in [4.69, 9.17) is 4.74 Å². The second-order valence-electron chi connectivity index (χ2n) is 11.2. The Hall–Kier alpha value is -3.96. The van der Waals surface area contributed by atoms with Crippen LogP contribution in [0.2, 0.25) is 0 Å². The van der Waals surface area contributed by atoms with E-state index in [0.29, 0.717) is 39.0 Å². The normalized spacial score (nSPS) is 13.3. The van der Waals surface area contributed by atoms with Gasteiger partial charge in [-0.15, -0.1) is 11.3 Å². The number of nitrogens with zero attached hydrogens (tertiary/aromatic N) is 3. The van der Waals surface area contributed by atoms with E-state index < -0.39 is 12.1 Å². The van der Waals surface area contributed by atoms with Crippen molar-refractivity contribution >= 4 is 29.4 Å². The molecule has 11 heteroatoms. The SMILES string of the molecule is CC(C)C(NC(=O)N1CCN(C)CC1)C(=O)NCCCCNC(=O)OCc1cncs1.Cc1ccccc1.Cc1ccccc1. The van der Waals surface area contributed by atoms with E-state index in [2.05, 4.69) is 63.9 Å². The molecule has 2 aromatic carbocycles. The zero-order valence-electron chi connectivity index (χ0n) is 27.3. The van der Waals surface area contributed by atoms with E-state index in [0.717, 1.165) is 18.0 Å². The van der Waals surface area contributed by atoms with Gasteiger partial charge in [-0.1, -0.05) is 85.6 Å². The molecule has 0 bridgehead atoms. The lowest BCUT2D eigenvalue weighted by atomic mass is 10.0. The van der Waals surface area contributed by atoms with Crippen molar-refractivity contribution in [3.63, 3.8) is 0 Å². The van der Waals surface area contributed by atoms with E-state index in [1.165, 1.54) is 22.5 Å². The molecule has 0 saturated carbocycles. The van der Waals surface area contributed by atoms with Gasteiger partial charge in [-0.2, -0.15) is 0 Å². The number of unbranched alkanes of at least 4 members (excludes halogenated alkanes) is 1. The fraction of sp³-hybridized carbons (Fsp3) is 0.471. The summed E-state index contributed by atoms with van der Waals surface area (Å²) in [6.45, 7) is 12.1. The van der Waals surface area contributed by atoms with Gasteiger partial charge in [-0.3, -0.25) is 9.78 Å². The topological polar surface area (TPSA) is 116 Å². The number of amides is 4. The van der Waals surface area contributed by atoms with Gasteiger partial charge in [0.1, 0.15) is 12.6 Å². The number of carbonyl (C=O) groups excluding carboxylic acids is 3. The number of piperazine rings is 1. The van der Waals surface area contributed by atoms with Crippen molar-refractivity contribution < 1.29 is 19.1 Å². The number of urea groups is 1. The van der Waals surface area contributed by atoms with Crippen molar-refractivity contribution in [1.82, 2.24) is 30.7 Å². The molecule has 246 valence electrons. The summed E-state index contributed by atoms with van der Waals surface area (Å²) < 4.78 is 5.09. The quantitative estimate of drug-likeness (QED) is 0.262. The molecule has 2 heterocycles. The van der Waals surface area contributed by atoms with Crippen LogP contribution >= 0.6 is 11.3 Å². The van der Waals surface area contributed by atoms with Crippen molar-refractivity contribution in [3.8, 4) is 0 Å². The van der Waals surface area contributed by atoms with E-state index in [-0.39, 0.29) is 24.5 Å². The molecule has 1 aliphatic heterocycles. The summed E-state index contributed by atoms with van der Waals surface area (Å²) in [5, 5.41) is 8.44. The van der Waals surface area contributed by atoms with Crippen LogP contribution in [0.15, 0.2) is 72.4 Å². The maximum atomic E-state index is 12.5. The van der Waals surface area contributed by atoms with Gasteiger partial charge in [0, 0.05) is 45.5 Å². The summed E-state index contributed by atoms with van der Waals surface area (Å²) in [5.74, 6) is -0.208. The average Bonchev–Trinajstić information content (AvgIpc) is 3.56. The molecular formula is C34H50N6O4S. The first-order valence-electron chi connectivity index (χ1n) is 15.5. The van der Waals surface area contributed by atoms with Gasteiger partial charge in [-0.05, 0) is 39.7 Å². The number of nitrogens with one attached hydrogen (secondary N) is 3. The molecule has 1 aliphatic rings. The fourth-order valence-electron chi connectivity index (χ4n) is 4.10. The number of rotatable bonds is 10. The third-order valence-corrected chi connectivity index (χ3v) is 7.65. The molecule has 4 amide bonds. The van der Waals surface area contributed by atoms with Crippen molar-refractivity contribution in [3.05, 3.63) is 88.4 Å². The first-order valence-corrected chi connectivity index (χ1v) is 16.4. The highest BCUT2D eigenvalue weighted by Crippen LogP contribution is 2.07. The van der Waals surface area contributed by atoms with Gasteiger partial charge < -0.3 is 30.5 Å². The van der Waals surface area contributed by atoms with Crippen LogP contribution in [0.4, 0.5) is 9.59 Å². The summed E-state index contributed by atoms with van der Waals surface area (Å²) >= 11 is 1.43. The van der Waals surface area contributed by atoms with Gasteiger partial charge in [0.2, 0.25) is 5.91 Å². The van der Waals surface area contributed by atoms with Gasteiger partial charge in [0.25, 0.3) is 0 Å². The Labute approximate surface area is 272 Å². The lowest BCUT2D eigenvalue weighted by Gasteiger charge is -2.34. The molecular weight excluding hydrogens is 588 g/mol. The number of hydrogen-bond acceptors (Lipinski definition) is 7. The van der Waals surface area contributed by atoms with E-state index in [1.807, 2.05) is 57.3 Å². The van der Waals surface area contributed by atoms with Crippen molar-refractivity contribution in [2.75, 3.05) is 46.3 Å². The Morgan fingerprint density at radius 3 is 1.89 bits per heavy atom. The largest absolute Gasteiger partial charge is 0.444 e. The van der Waals surface area contributed by atoms with Crippen LogP contribution in [0.1, 0.15) is 42.7 Å². The number of aryl methyl sites for hydroxylation is 2. The number of ether oxygens (including phenoxy) is 1. The summed E-state index contributed by atoms with van der Waals surface area (Å²) in [4.78, 5) is 45.4. The minimum Gasteiger partial charge on any atom is -0.444 e. The Morgan fingerprint density at radius 1 is 0.867 bits per heavy atom. The average molecular weight is 639 g/mol. The minimum absolute atomic E-state index is 0.0219. The zero-order valence-corrected chi connectivity index (χ0v) is 28.1. The molecule has 1 fully saturated rings. The first kappa shape index (κ1) is 37.2. The number of likely N-dealkylation sites (N-methyl/N-ethyl adjacent to an activating group) is 1. The highest BCUT2D eigenvalue weighted by atomic mass is 32.1. The highest BCUT2D eigenvalue weighted by Gasteiger charge is 2.27. The molecule has 10 nitrogen and oxygen atoms in total. The van der Waals surface area contributed by atoms with E-state index in [1.54, 1.807) is 16.6 Å². The first-order chi connectivity index (χ1) is 21.7. The Morgan fingerprint density at radius 2 is 1.42 bits per heavy atom. The standard InChI is InChI=1S/C20H34N6O4S.2C7H8/c1-15(2)17(24-19(28)26-10-8-25(3)9-11-26)18(27)22-6-4-5-7-23-20(29)30-13-16-12-21-14-31-16;2*1-7-5-3-2-4-6-7/h12,14-15,17H,4-11,13H2,1-3H3,(H,22,27)(H,23,29)(H,24,28);2*2-6H,1H3. The van der Waals surface area contributed by atoms with E-state index in [9.17, 15) is 14.4 Å². The van der Waals surface area contributed by atoms with Crippen LogP contribution in [0, 0.1) is 19.8 Å². The minimum atomic E-state index is -0.577. The molecule has 3 N–H and O–H groups in total. The number of carbonyl (C=O) groups is 3. The molecule has 45 heavy (non-hydrogen) atoms. The summed E-state index contributed by atoms with van der Waals surface area (Å²) in [5.41, 5.74) is 4.33. The van der Waals surface area contributed by atoms with E-state index >= 15 is 0 Å². The number of benzene rings is 2. The molecule has 1 saturated heterocycles. The maximum Gasteiger partial charge on any atom is 0.407 e. The monoisotopic (exact) mass is 638 g/mol. The second kappa shape index (κ2) is 21.7.